The second kappa shape index (κ2) is 7.14. The molecule has 2 N–H and O–H groups in total. The first-order chi connectivity index (χ1) is 13.1. The second-order valence-electron chi connectivity index (χ2n) is 6.58. The predicted octanol–water partition coefficient (Wildman–Crippen LogP) is 2.32. The highest BCUT2D eigenvalue weighted by Gasteiger charge is 2.26. The molecule has 2 aromatic heterocycles. The molecule has 0 radical (unpaired) electrons. The number of hydrogen-bond donors (Lipinski definition) is 2. The summed E-state index contributed by atoms with van der Waals surface area (Å²) in [5.74, 6) is -0.260. The Hall–Kier alpha value is -3.29. The van der Waals surface area contributed by atoms with Crippen LogP contribution in [0.2, 0.25) is 0 Å². The quantitative estimate of drug-likeness (QED) is 0.743. The summed E-state index contributed by atoms with van der Waals surface area (Å²) in [6.07, 6.45) is 2.92. The second-order valence-corrected chi connectivity index (χ2v) is 6.58. The highest BCUT2D eigenvalue weighted by Crippen LogP contribution is 2.27. The summed E-state index contributed by atoms with van der Waals surface area (Å²) in [6.45, 7) is 1.17. The van der Waals surface area contributed by atoms with E-state index in [1.165, 1.54) is 24.5 Å². The Morgan fingerprint density at radius 1 is 1.15 bits per heavy atom. The van der Waals surface area contributed by atoms with Crippen LogP contribution in [0.1, 0.15) is 34.9 Å². The van der Waals surface area contributed by atoms with E-state index >= 15 is 0 Å². The normalized spacial score (nSPS) is 15.1. The van der Waals surface area contributed by atoms with Crippen LogP contribution in [0, 0.1) is 5.82 Å². The van der Waals surface area contributed by atoms with Gasteiger partial charge in [0.15, 0.2) is 0 Å². The number of piperidine rings is 1. The van der Waals surface area contributed by atoms with Gasteiger partial charge in [-0.3, -0.25) is 14.7 Å². The van der Waals surface area contributed by atoms with Crippen LogP contribution in [0.15, 0.2) is 47.5 Å². The van der Waals surface area contributed by atoms with Gasteiger partial charge in [0, 0.05) is 30.6 Å². The molecule has 1 fully saturated rings. The average molecular weight is 367 g/mol. The molecule has 0 saturated carbocycles. The largest absolute Gasteiger partial charge is 0.337 e. The van der Waals surface area contributed by atoms with Crippen LogP contribution < -0.4 is 5.56 Å². The van der Waals surface area contributed by atoms with E-state index in [1.54, 1.807) is 23.1 Å². The topological polar surface area (TPSA) is 94.7 Å². The first kappa shape index (κ1) is 17.1. The van der Waals surface area contributed by atoms with Gasteiger partial charge in [0.05, 0.1) is 17.7 Å². The number of nitrogens with one attached hydrogen (secondary N) is 2. The van der Waals surface area contributed by atoms with Crippen LogP contribution >= 0.6 is 0 Å². The van der Waals surface area contributed by atoms with Crippen molar-refractivity contribution in [2.45, 2.75) is 18.8 Å². The van der Waals surface area contributed by atoms with Gasteiger partial charge in [0.1, 0.15) is 11.5 Å². The van der Waals surface area contributed by atoms with Gasteiger partial charge >= 0.3 is 0 Å². The van der Waals surface area contributed by atoms with Crippen LogP contribution in [0.25, 0.3) is 11.3 Å². The molecule has 0 atom stereocenters. The van der Waals surface area contributed by atoms with Gasteiger partial charge < -0.3 is 9.88 Å². The molecule has 4 rings (SSSR count). The number of nitrogens with zero attached hydrogens (tertiary/aromatic N) is 3. The Balaban J connectivity index is 1.42. The molecule has 3 heterocycles. The van der Waals surface area contributed by atoms with Crippen molar-refractivity contribution in [2.75, 3.05) is 13.1 Å². The zero-order chi connectivity index (χ0) is 18.8. The number of aromatic nitrogens is 4. The number of benzene rings is 1. The van der Waals surface area contributed by atoms with E-state index < -0.39 is 0 Å². The number of halogens is 1. The standard InChI is InChI=1S/C19H18FN5O2/c20-14-3-1-12(2-4-14)16-9-17(24-23-16)19(27)25-7-5-13(6-8-25)15-10-18(26)22-11-21-15/h1-4,9-11,13H,5-8H2,(H,23,24)(H,21,22,26). The van der Waals surface area contributed by atoms with Crippen LogP contribution in [0.3, 0.4) is 0 Å². The SMILES string of the molecule is O=C(c1cc(-c2ccc(F)cc2)n[nH]1)N1CCC(c2cc(=O)[nH]cn2)CC1. The number of H-pyrrole nitrogens is 2. The summed E-state index contributed by atoms with van der Waals surface area (Å²) in [7, 11) is 0. The molecule has 1 saturated heterocycles. The molecule has 1 amide bonds. The van der Waals surface area contributed by atoms with Gasteiger partial charge in [0.25, 0.3) is 11.5 Å². The van der Waals surface area contributed by atoms with E-state index in [0.717, 1.165) is 24.1 Å². The van der Waals surface area contributed by atoms with E-state index in [1.807, 2.05) is 0 Å². The third kappa shape index (κ3) is 3.64. The highest BCUT2D eigenvalue weighted by atomic mass is 19.1. The van der Waals surface area contributed by atoms with Crippen molar-refractivity contribution < 1.29 is 9.18 Å². The maximum atomic E-state index is 13.0. The van der Waals surface area contributed by atoms with E-state index in [9.17, 15) is 14.0 Å². The molecule has 27 heavy (non-hydrogen) atoms. The minimum absolute atomic E-state index is 0.117. The zero-order valence-electron chi connectivity index (χ0n) is 14.5. The Bertz CT molecular complexity index is 1000. The number of amides is 1. The van der Waals surface area contributed by atoms with Crippen LogP contribution in [-0.4, -0.2) is 44.1 Å². The number of hydrogen-bond acceptors (Lipinski definition) is 4. The molecular weight excluding hydrogens is 349 g/mol. The van der Waals surface area contributed by atoms with E-state index in [-0.39, 0.29) is 23.2 Å². The third-order valence-electron chi connectivity index (χ3n) is 4.85. The van der Waals surface area contributed by atoms with Gasteiger partial charge in [-0.1, -0.05) is 0 Å². The first-order valence-electron chi connectivity index (χ1n) is 8.75. The Morgan fingerprint density at radius 2 is 1.89 bits per heavy atom. The lowest BCUT2D eigenvalue weighted by molar-refractivity contribution is 0.0706. The maximum absolute atomic E-state index is 13.0. The van der Waals surface area contributed by atoms with Crippen molar-refractivity contribution in [2.24, 2.45) is 0 Å². The smallest absolute Gasteiger partial charge is 0.271 e. The first-order valence-corrected chi connectivity index (χ1v) is 8.75. The zero-order valence-corrected chi connectivity index (χ0v) is 14.5. The van der Waals surface area contributed by atoms with Gasteiger partial charge in [-0.25, -0.2) is 9.37 Å². The van der Waals surface area contributed by atoms with Crippen LogP contribution in [0.5, 0.6) is 0 Å². The number of carbonyl (C=O) groups excluding carboxylic acids is 1. The molecule has 1 aliphatic heterocycles. The minimum atomic E-state index is -0.316. The lowest BCUT2D eigenvalue weighted by Crippen LogP contribution is -2.38. The Morgan fingerprint density at radius 3 is 2.59 bits per heavy atom. The molecule has 8 heteroatoms. The van der Waals surface area contributed by atoms with Crippen molar-refractivity contribution >= 4 is 5.91 Å². The van der Waals surface area contributed by atoms with Gasteiger partial charge in [-0.2, -0.15) is 5.10 Å². The molecule has 0 spiro atoms. The Labute approximate surface area is 154 Å². The molecule has 138 valence electrons. The van der Waals surface area contributed by atoms with E-state index in [0.29, 0.717) is 24.5 Å². The minimum Gasteiger partial charge on any atom is -0.337 e. The summed E-state index contributed by atoms with van der Waals surface area (Å²) < 4.78 is 13.0. The third-order valence-corrected chi connectivity index (χ3v) is 4.85. The Kier molecular flexibility index (Phi) is 4.53. The molecule has 1 aromatic carbocycles. The lowest BCUT2D eigenvalue weighted by atomic mass is 9.93. The lowest BCUT2D eigenvalue weighted by Gasteiger charge is -2.31. The van der Waals surface area contributed by atoms with E-state index in [4.69, 9.17) is 0 Å². The van der Waals surface area contributed by atoms with Crippen molar-refractivity contribution in [3.8, 4) is 11.3 Å². The van der Waals surface area contributed by atoms with Gasteiger partial charge in [-0.15, -0.1) is 0 Å². The molecular formula is C19H18FN5O2. The number of carbonyl (C=O) groups is 1. The van der Waals surface area contributed by atoms with Crippen molar-refractivity contribution in [1.29, 1.82) is 0 Å². The summed E-state index contributed by atoms with van der Waals surface area (Å²) >= 11 is 0. The molecule has 0 unspecified atom stereocenters. The van der Waals surface area contributed by atoms with Crippen molar-refractivity contribution in [1.82, 2.24) is 25.1 Å². The fourth-order valence-corrected chi connectivity index (χ4v) is 3.36. The number of likely N-dealkylation sites (tertiary alicyclic amines) is 1. The van der Waals surface area contributed by atoms with Crippen molar-refractivity contribution in [3.63, 3.8) is 0 Å². The molecule has 0 bridgehead atoms. The predicted molar refractivity (Wildman–Crippen MR) is 96.7 cm³/mol. The molecule has 3 aromatic rings. The summed E-state index contributed by atoms with van der Waals surface area (Å²) in [6, 6.07) is 9.17. The highest BCUT2D eigenvalue weighted by molar-refractivity contribution is 5.93. The molecule has 0 aliphatic carbocycles. The summed E-state index contributed by atoms with van der Waals surface area (Å²) in [5.41, 5.74) is 2.35. The summed E-state index contributed by atoms with van der Waals surface area (Å²) in [5, 5.41) is 6.93. The number of aromatic amines is 2. The van der Waals surface area contributed by atoms with Gasteiger partial charge in [0.2, 0.25) is 0 Å². The molecule has 7 nitrogen and oxygen atoms in total. The summed E-state index contributed by atoms with van der Waals surface area (Å²) in [4.78, 5) is 32.7. The van der Waals surface area contributed by atoms with Gasteiger partial charge in [-0.05, 0) is 43.2 Å². The van der Waals surface area contributed by atoms with Crippen molar-refractivity contribution in [3.05, 3.63) is 70.3 Å². The fraction of sp³-hybridized carbons (Fsp3) is 0.263. The fourth-order valence-electron chi connectivity index (χ4n) is 3.36. The average Bonchev–Trinajstić information content (AvgIpc) is 3.18. The van der Waals surface area contributed by atoms with Crippen LogP contribution in [0.4, 0.5) is 4.39 Å². The maximum Gasteiger partial charge on any atom is 0.271 e. The van der Waals surface area contributed by atoms with Crippen LogP contribution in [-0.2, 0) is 0 Å². The monoisotopic (exact) mass is 367 g/mol. The van der Waals surface area contributed by atoms with E-state index in [2.05, 4.69) is 20.2 Å². The molecule has 1 aliphatic rings. The number of rotatable bonds is 3.